The van der Waals surface area contributed by atoms with Crippen molar-refractivity contribution in [3.05, 3.63) is 66.7 Å². The van der Waals surface area contributed by atoms with Crippen LogP contribution in [0.4, 0.5) is 5.82 Å². The molecule has 8 heteroatoms. The number of anilines is 1. The zero-order chi connectivity index (χ0) is 16.8. The maximum atomic E-state index is 11.9. The summed E-state index contributed by atoms with van der Waals surface area (Å²) in [5, 5.41) is 9.21. The standard InChI is InChI=1S/C16H14N6O2/c23-15(10-17-16(24)12-5-2-1-3-6-12)21-13-9-14(19-11-18-13)22-8-4-7-20-22/h1-9,11H,10H2,(H,17,24)(H,18,19,21,23). The average molecular weight is 322 g/mol. The van der Waals surface area contributed by atoms with Crippen LogP contribution in [0.25, 0.3) is 5.82 Å². The molecule has 3 aromatic rings. The third kappa shape index (κ3) is 3.80. The van der Waals surface area contributed by atoms with E-state index in [4.69, 9.17) is 0 Å². The molecule has 24 heavy (non-hydrogen) atoms. The summed E-state index contributed by atoms with van der Waals surface area (Å²) in [4.78, 5) is 31.9. The van der Waals surface area contributed by atoms with Crippen LogP contribution in [-0.2, 0) is 4.79 Å². The summed E-state index contributed by atoms with van der Waals surface area (Å²) in [5.74, 6) is 0.156. The van der Waals surface area contributed by atoms with E-state index in [1.165, 1.54) is 6.33 Å². The van der Waals surface area contributed by atoms with Crippen molar-refractivity contribution in [2.24, 2.45) is 0 Å². The Morgan fingerprint density at radius 2 is 1.92 bits per heavy atom. The van der Waals surface area contributed by atoms with Crippen molar-refractivity contribution in [1.29, 1.82) is 0 Å². The van der Waals surface area contributed by atoms with Gasteiger partial charge in [0.15, 0.2) is 5.82 Å². The SMILES string of the molecule is O=C(CNC(=O)c1ccccc1)Nc1cc(-n2cccn2)ncn1. The van der Waals surface area contributed by atoms with E-state index >= 15 is 0 Å². The van der Waals surface area contributed by atoms with Gasteiger partial charge in [-0.05, 0) is 18.2 Å². The molecule has 0 radical (unpaired) electrons. The van der Waals surface area contributed by atoms with E-state index in [1.807, 2.05) is 6.07 Å². The van der Waals surface area contributed by atoms with Crippen molar-refractivity contribution in [1.82, 2.24) is 25.1 Å². The van der Waals surface area contributed by atoms with Crippen LogP contribution < -0.4 is 10.6 Å². The highest BCUT2D eigenvalue weighted by molar-refractivity contribution is 5.99. The van der Waals surface area contributed by atoms with Crippen LogP contribution in [0.15, 0.2) is 61.2 Å². The van der Waals surface area contributed by atoms with Crippen LogP contribution >= 0.6 is 0 Å². The lowest BCUT2D eigenvalue weighted by molar-refractivity contribution is -0.115. The highest BCUT2D eigenvalue weighted by atomic mass is 16.2. The molecule has 0 saturated carbocycles. The van der Waals surface area contributed by atoms with Crippen LogP contribution in [0.3, 0.4) is 0 Å². The van der Waals surface area contributed by atoms with Crippen molar-refractivity contribution >= 4 is 17.6 Å². The van der Waals surface area contributed by atoms with E-state index in [9.17, 15) is 9.59 Å². The quantitative estimate of drug-likeness (QED) is 0.730. The molecule has 0 aliphatic carbocycles. The summed E-state index contributed by atoms with van der Waals surface area (Å²) in [6, 6.07) is 12.0. The summed E-state index contributed by atoms with van der Waals surface area (Å²) in [6.07, 6.45) is 4.68. The van der Waals surface area contributed by atoms with Gasteiger partial charge < -0.3 is 10.6 Å². The highest BCUT2D eigenvalue weighted by Gasteiger charge is 2.09. The number of amides is 2. The molecular formula is C16H14N6O2. The number of rotatable bonds is 5. The zero-order valence-corrected chi connectivity index (χ0v) is 12.6. The highest BCUT2D eigenvalue weighted by Crippen LogP contribution is 2.07. The van der Waals surface area contributed by atoms with Gasteiger partial charge in [0.25, 0.3) is 5.91 Å². The van der Waals surface area contributed by atoms with Crippen molar-refractivity contribution in [2.45, 2.75) is 0 Å². The average Bonchev–Trinajstić information content (AvgIpc) is 3.15. The zero-order valence-electron chi connectivity index (χ0n) is 12.6. The first kappa shape index (κ1) is 15.3. The molecule has 0 atom stereocenters. The minimum Gasteiger partial charge on any atom is -0.343 e. The van der Waals surface area contributed by atoms with Gasteiger partial charge in [0.05, 0.1) is 6.54 Å². The number of hydrogen-bond donors (Lipinski definition) is 2. The molecule has 0 fully saturated rings. The Bertz CT molecular complexity index is 833. The van der Waals surface area contributed by atoms with Crippen LogP contribution in [0.2, 0.25) is 0 Å². The summed E-state index contributed by atoms with van der Waals surface area (Å²) >= 11 is 0. The molecule has 3 rings (SSSR count). The molecule has 0 unspecified atom stereocenters. The number of nitrogens with zero attached hydrogens (tertiary/aromatic N) is 4. The van der Waals surface area contributed by atoms with Crippen LogP contribution in [0.5, 0.6) is 0 Å². The Balaban J connectivity index is 1.57. The number of aromatic nitrogens is 4. The van der Waals surface area contributed by atoms with Crippen LogP contribution in [0.1, 0.15) is 10.4 Å². The van der Waals surface area contributed by atoms with Gasteiger partial charge in [-0.25, -0.2) is 14.6 Å². The smallest absolute Gasteiger partial charge is 0.251 e. The molecule has 120 valence electrons. The van der Waals surface area contributed by atoms with Gasteiger partial charge >= 0.3 is 0 Å². The lowest BCUT2D eigenvalue weighted by atomic mass is 10.2. The minimum absolute atomic E-state index is 0.158. The monoisotopic (exact) mass is 322 g/mol. The molecule has 2 heterocycles. The fraction of sp³-hybridized carbons (Fsp3) is 0.0625. The fourth-order valence-corrected chi connectivity index (χ4v) is 1.98. The van der Waals surface area contributed by atoms with Crippen molar-refractivity contribution < 1.29 is 9.59 Å². The second-order valence-corrected chi connectivity index (χ2v) is 4.81. The van der Waals surface area contributed by atoms with E-state index in [-0.39, 0.29) is 18.4 Å². The molecule has 0 aliphatic heterocycles. The largest absolute Gasteiger partial charge is 0.343 e. The molecule has 8 nitrogen and oxygen atoms in total. The normalized spacial score (nSPS) is 10.2. The summed E-state index contributed by atoms with van der Waals surface area (Å²) < 4.78 is 1.55. The molecule has 2 amide bonds. The van der Waals surface area contributed by atoms with Crippen molar-refractivity contribution in [3.8, 4) is 5.82 Å². The Hall–Kier alpha value is -3.55. The second kappa shape index (κ2) is 7.14. The molecule has 0 aliphatic rings. The van der Waals surface area contributed by atoms with Gasteiger partial charge in [-0.15, -0.1) is 0 Å². The first-order chi connectivity index (χ1) is 11.7. The molecule has 2 aromatic heterocycles. The Morgan fingerprint density at radius 1 is 1.08 bits per heavy atom. The van der Waals surface area contributed by atoms with Gasteiger partial charge in [0.1, 0.15) is 12.1 Å². The molecule has 2 N–H and O–H groups in total. The number of nitrogens with one attached hydrogen (secondary N) is 2. The fourth-order valence-electron chi connectivity index (χ4n) is 1.98. The summed E-state index contributed by atoms with van der Waals surface area (Å²) in [5.41, 5.74) is 0.494. The molecule has 0 spiro atoms. The van der Waals surface area contributed by atoms with E-state index in [2.05, 4.69) is 25.7 Å². The minimum atomic E-state index is -0.385. The molecule has 0 saturated heterocycles. The lowest BCUT2D eigenvalue weighted by Gasteiger charge is -2.07. The Morgan fingerprint density at radius 3 is 2.67 bits per heavy atom. The first-order valence-corrected chi connectivity index (χ1v) is 7.17. The van der Waals surface area contributed by atoms with Gasteiger partial charge in [-0.3, -0.25) is 9.59 Å². The Labute approximate surface area is 137 Å². The summed E-state index contributed by atoms with van der Waals surface area (Å²) in [7, 11) is 0. The number of carbonyl (C=O) groups excluding carboxylic acids is 2. The molecule has 1 aromatic carbocycles. The van der Waals surface area contributed by atoms with Crippen LogP contribution in [0, 0.1) is 0 Å². The topological polar surface area (TPSA) is 102 Å². The summed E-state index contributed by atoms with van der Waals surface area (Å²) in [6.45, 7) is -0.158. The van der Waals surface area contributed by atoms with Gasteiger partial charge in [-0.1, -0.05) is 18.2 Å². The Kier molecular flexibility index (Phi) is 4.57. The number of hydrogen-bond acceptors (Lipinski definition) is 5. The van der Waals surface area contributed by atoms with E-state index in [0.717, 1.165) is 0 Å². The van der Waals surface area contributed by atoms with Crippen LogP contribution in [-0.4, -0.2) is 38.1 Å². The van der Waals surface area contributed by atoms with Gasteiger partial charge in [-0.2, -0.15) is 5.10 Å². The third-order valence-electron chi connectivity index (χ3n) is 3.10. The predicted octanol–water partition coefficient (Wildman–Crippen LogP) is 1.03. The first-order valence-electron chi connectivity index (χ1n) is 7.17. The molecular weight excluding hydrogens is 308 g/mol. The van der Waals surface area contributed by atoms with Gasteiger partial charge in [0.2, 0.25) is 5.91 Å². The maximum absolute atomic E-state index is 11.9. The van der Waals surface area contributed by atoms with E-state index < -0.39 is 0 Å². The van der Waals surface area contributed by atoms with Crippen molar-refractivity contribution in [2.75, 3.05) is 11.9 Å². The molecule has 0 bridgehead atoms. The van der Waals surface area contributed by atoms with E-state index in [0.29, 0.717) is 17.2 Å². The number of benzene rings is 1. The van der Waals surface area contributed by atoms with Gasteiger partial charge in [0, 0.05) is 24.0 Å². The predicted molar refractivity (Wildman–Crippen MR) is 86.6 cm³/mol. The number of carbonyl (C=O) groups is 2. The van der Waals surface area contributed by atoms with E-state index in [1.54, 1.807) is 53.5 Å². The van der Waals surface area contributed by atoms with Crippen molar-refractivity contribution in [3.63, 3.8) is 0 Å². The lowest BCUT2D eigenvalue weighted by Crippen LogP contribution is -2.33. The maximum Gasteiger partial charge on any atom is 0.251 e. The second-order valence-electron chi connectivity index (χ2n) is 4.81. The third-order valence-corrected chi connectivity index (χ3v) is 3.10.